The Morgan fingerprint density at radius 2 is 1.76 bits per heavy atom. The van der Waals surface area contributed by atoms with Crippen LogP contribution in [0, 0.1) is 0 Å². The van der Waals surface area contributed by atoms with Gasteiger partial charge in [-0.2, -0.15) is 0 Å². The monoisotopic (exact) mass is 578 g/mol. The highest BCUT2D eigenvalue weighted by Crippen LogP contribution is 2.32. The second-order valence-corrected chi connectivity index (χ2v) is 10.6. The number of esters is 2. The molecular formula is C31H34N2O7S. The lowest BCUT2D eigenvalue weighted by atomic mass is 9.93. The normalized spacial score (nSPS) is 14.9. The summed E-state index contributed by atoms with van der Waals surface area (Å²) in [7, 11) is 1.49. The number of benzene rings is 2. The zero-order valence-electron chi connectivity index (χ0n) is 24.1. The molecule has 0 amide bonds. The molecule has 0 N–H and O–H groups in total. The van der Waals surface area contributed by atoms with Crippen molar-refractivity contribution in [2.24, 2.45) is 4.99 Å². The first kappa shape index (κ1) is 29.8. The van der Waals surface area contributed by atoms with Crippen LogP contribution >= 0.6 is 11.3 Å². The fourth-order valence-electron chi connectivity index (χ4n) is 4.55. The van der Waals surface area contributed by atoms with Gasteiger partial charge in [0, 0.05) is 0 Å². The second kappa shape index (κ2) is 13.0. The first-order valence-corrected chi connectivity index (χ1v) is 14.3. The maximum Gasteiger partial charge on any atom is 0.344 e. The number of carbonyl (C=O) groups excluding carboxylic acids is 2. The van der Waals surface area contributed by atoms with E-state index in [-0.39, 0.29) is 25.4 Å². The maximum atomic E-state index is 13.9. The Morgan fingerprint density at radius 1 is 1.05 bits per heavy atom. The number of nitrogens with zero attached hydrogens (tertiary/aromatic N) is 2. The number of allylic oxidation sites excluding steroid dienone is 1. The summed E-state index contributed by atoms with van der Waals surface area (Å²) in [5.74, 6) is 0.139. The molecule has 0 fully saturated rings. The molecule has 0 aliphatic carbocycles. The van der Waals surface area contributed by atoms with Crippen molar-refractivity contribution in [3.63, 3.8) is 0 Å². The molecule has 2 aromatic carbocycles. The summed E-state index contributed by atoms with van der Waals surface area (Å²) in [6.07, 6.45) is 1.74. The van der Waals surface area contributed by atoms with E-state index in [4.69, 9.17) is 18.9 Å². The molecule has 4 rings (SSSR count). The van der Waals surface area contributed by atoms with Crippen LogP contribution in [-0.2, 0) is 19.1 Å². The molecule has 1 aliphatic rings. The molecule has 1 aromatic heterocycles. The van der Waals surface area contributed by atoms with Gasteiger partial charge in [-0.3, -0.25) is 9.36 Å². The molecule has 1 unspecified atom stereocenters. The van der Waals surface area contributed by atoms with Crippen molar-refractivity contribution in [2.75, 3.05) is 26.9 Å². The largest absolute Gasteiger partial charge is 0.493 e. The molecule has 1 aliphatic heterocycles. The molecule has 0 spiro atoms. The molecule has 10 heteroatoms. The average molecular weight is 579 g/mol. The van der Waals surface area contributed by atoms with E-state index in [1.807, 2.05) is 24.3 Å². The molecular weight excluding hydrogens is 544 g/mol. The van der Waals surface area contributed by atoms with E-state index < -0.39 is 18.0 Å². The third-order valence-corrected chi connectivity index (χ3v) is 7.56. The Hall–Kier alpha value is -4.18. The van der Waals surface area contributed by atoms with Crippen LogP contribution in [0.4, 0.5) is 0 Å². The van der Waals surface area contributed by atoms with Crippen LogP contribution in [0.5, 0.6) is 11.5 Å². The van der Waals surface area contributed by atoms with Crippen LogP contribution in [0.2, 0.25) is 0 Å². The SMILES string of the molecule is CCOC(=O)COc1ccc(/C=c2/sc3n(c2=O)C(c2ccc(C(C)C)cc2)C(C(=O)OCC)=C(C)N=3)cc1OC. The summed E-state index contributed by atoms with van der Waals surface area (Å²) in [6.45, 7) is 9.68. The standard InChI is InChI=1S/C31H34N2O7S/c1-7-38-26(34)17-40-23-14-9-20(15-24(23)37-6)16-25-29(35)33-28(22-12-10-21(11-13-22)18(3)4)27(30(36)39-8-2)19(5)32-31(33)41-25/h9-16,18,28H,7-8,17H2,1-6H3/b25-16+. The van der Waals surface area contributed by atoms with Gasteiger partial charge in [0.25, 0.3) is 5.56 Å². The van der Waals surface area contributed by atoms with Gasteiger partial charge in [-0.1, -0.05) is 55.5 Å². The van der Waals surface area contributed by atoms with Crippen molar-refractivity contribution < 1.29 is 28.5 Å². The molecule has 216 valence electrons. The van der Waals surface area contributed by atoms with Gasteiger partial charge in [-0.15, -0.1) is 0 Å². The molecule has 1 atom stereocenters. The summed E-state index contributed by atoms with van der Waals surface area (Å²) < 4.78 is 23.3. The van der Waals surface area contributed by atoms with Crippen molar-refractivity contribution in [3.05, 3.63) is 90.1 Å². The Morgan fingerprint density at radius 3 is 2.39 bits per heavy atom. The number of hydrogen-bond donors (Lipinski definition) is 0. The van der Waals surface area contributed by atoms with Gasteiger partial charge >= 0.3 is 11.9 Å². The first-order valence-electron chi connectivity index (χ1n) is 13.4. The fraction of sp³-hybridized carbons (Fsp3) is 0.355. The fourth-order valence-corrected chi connectivity index (χ4v) is 5.60. The molecule has 9 nitrogen and oxygen atoms in total. The number of thiazole rings is 1. The van der Waals surface area contributed by atoms with Gasteiger partial charge in [0.2, 0.25) is 0 Å². The van der Waals surface area contributed by atoms with Gasteiger partial charge in [-0.25, -0.2) is 14.6 Å². The highest BCUT2D eigenvalue weighted by Gasteiger charge is 2.33. The van der Waals surface area contributed by atoms with Crippen molar-refractivity contribution in [2.45, 2.75) is 46.6 Å². The van der Waals surface area contributed by atoms with Crippen LogP contribution < -0.4 is 24.4 Å². The Kier molecular flexibility index (Phi) is 9.44. The molecule has 0 saturated heterocycles. The average Bonchev–Trinajstić information content (AvgIpc) is 3.25. The quantitative estimate of drug-likeness (QED) is 0.336. The van der Waals surface area contributed by atoms with Gasteiger partial charge in [0.15, 0.2) is 22.9 Å². The summed E-state index contributed by atoms with van der Waals surface area (Å²) in [4.78, 5) is 43.8. The Bertz CT molecular complexity index is 1650. The summed E-state index contributed by atoms with van der Waals surface area (Å²) in [5, 5.41) is 0. The lowest BCUT2D eigenvalue weighted by molar-refractivity contribution is -0.145. The van der Waals surface area contributed by atoms with Gasteiger partial charge < -0.3 is 18.9 Å². The number of rotatable bonds is 10. The summed E-state index contributed by atoms with van der Waals surface area (Å²) in [6, 6.07) is 12.4. The molecule has 41 heavy (non-hydrogen) atoms. The minimum atomic E-state index is -0.679. The zero-order chi connectivity index (χ0) is 29.7. The topological polar surface area (TPSA) is 105 Å². The predicted molar refractivity (Wildman–Crippen MR) is 156 cm³/mol. The van der Waals surface area contributed by atoms with Crippen molar-refractivity contribution in [1.29, 1.82) is 0 Å². The molecule has 2 heterocycles. The van der Waals surface area contributed by atoms with Crippen LogP contribution in [0.15, 0.2) is 63.5 Å². The van der Waals surface area contributed by atoms with E-state index in [2.05, 4.69) is 18.8 Å². The van der Waals surface area contributed by atoms with Crippen LogP contribution in [0.25, 0.3) is 6.08 Å². The Labute approximate surface area is 242 Å². The minimum absolute atomic E-state index is 0.209. The number of carbonyl (C=O) groups is 2. The van der Waals surface area contributed by atoms with Gasteiger partial charge in [0.05, 0.1) is 42.2 Å². The van der Waals surface area contributed by atoms with E-state index in [9.17, 15) is 14.4 Å². The third kappa shape index (κ3) is 6.43. The molecule has 0 radical (unpaired) electrons. The zero-order valence-corrected chi connectivity index (χ0v) is 24.9. The third-order valence-electron chi connectivity index (χ3n) is 6.57. The Balaban J connectivity index is 1.79. The molecule has 0 saturated carbocycles. The lowest BCUT2D eigenvalue weighted by Crippen LogP contribution is -2.39. The van der Waals surface area contributed by atoms with E-state index >= 15 is 0 Å². The smallest absolute Gasteiger partial charge is 0.344 e. The van der Waals surface area contributed by atoms with E-state index in [0.29, 0.717) is 43.6 Å². The highest BCUT2D eigenvalue weighted by atomic mass is 32.1. The first-order chi connectivity index (χ1) is 19.7. The number of fused-ring (bicyclic) bond motifs is 1. The number of methoxy groups -OCH3 is 1. The number of ether oxygens (including phenoxy) is 4. The van der Waals surface area contributed by atoms with E-state index in [1.54, 1.807) is 49.6 Å². The van der Waals surface area contributed by atoms with E-state index in [0.717, 1.165) is 11.1 Å². The number of aromatic nitrogens is 1. The van der Waals surface area contributed by atoms with Crippen LogP contribution in [-0.4, -0.2) is 43.4 Å². The minimum Gasteiger partial charge on any atom is -0.493 e. The highest BCUT2D eigenvalue weighted by molar-refractivity contribution is 7.07. The van der Waals surface area contributed by atoms with Crippen molar-refractivity contribution in [3.8, 4) is 11.5 Å². The van der Waals surface area contributed by atoms with Crippen LogP contribution in [0.1, 0.15) is 63.3 Å². The molecule has 3 aromatic rings. The lowest BCUT2D eigenvalue weighted by Gasteiger charge is -2.25. The predicted octanol–water partition coefficient (Wildman–Crippen LogP) is 3.87. The maximum absolute atomic E-state index is 13.9. The summed E-state index contributed by atoms with van der Waals surface area (Å²) in [5.41, 5.74) is 3.22. The number of hydrogen-bond acceptors (Lipinski definition) is 9. The van der Waals surface area contributed by atoms with Gasteiger partial charge in [0.1, 0.15) is 0 Å². The van der Waals surface area contributed by atoms with Crippen LogP contribution in [0.3, 0.4) is 0 Å². The van der Waals surface area contributed by atoms with E-state index in [1.165, 1.54) is 18.4 Å². The second-order valence-electron chi connectivity index (χ2n) is 9.63. The van der Waals surface area contributed by atoms with Gasteiger partial charge in [-0.05, 0) is 61.6 Å². The molecule has 0 bridgehead atoms. The van der Waals surface area contributed by atoms with Crippen molar-refractivity contribution in [1.82, 2.24) is 4.57 Å². The van der Waals surface area contributed by atoms with Crippen molar-refractivity contribution >= 4 is 29.4 Å². The summed E-state index contributed by atoms with van der Waals surface area (Å²) >= 11 is 1.24.